The monoisotopic (exact) mass is 372 g/mol. The molecule has 1 aliphatic carbocycles. The van der Waals surface area contributed by atoms with Crippen molar-refractivity contribution in [3.8, 4) is 11.1 Å². The Balaban J connectivity index is 1.65. The van der Waals surface area contributed by atoms with Crippen LogP contribution in [0, 0.1) is 5.82 Å². The van der Waals surface area contributed by atoms with E-state index in [1.807, 2.05) is 5.38 Å². The van der Waals surface area contributed by atoms with Crippen LogP contribution in [0.25, 0.3) is 21.3 Å². The van der Waals surface area contributed by atoms with Crippen molar-refractivity contribution in [3.05, 3.63) is 52.1 Å². The fourth-order valence-electron chi connectivity index (χ4n) is 3.29. The molecule has 134 valence electrons. The van der Waals surface area contributed by atoms with Gasteiger partial charge in [0.05, 0.1) is 11.7 Å². The second-order valence-electron chi connectivity index (χ2n) is 6.41. The third kappa shape index (κ3) is 3.26. The van der Waals surface area contributed by atoms with E-state index in [1.165, 1.54) is 34.4 Å². The van der Waals surface area contributed by atoms with Crippen molar-refractivity contribution in [2.45, 2.75) is 38.3 Å². The zero-order valence-corrected chi connectivity index (χ0v) is 14.8. The van der Waals surface area contributed by atoms with Gasteiger partial charge in [0.15, 0.2) is 0 Å². The van der Waals surface area contributed by atoms with Crippen LogP contribution in [0.15, 0.2) is 40.8 Å². The predicted molar refractivity (Wildman–Crippen MR) is 97.6 cm³/mol. The first-order chi connectivity index (χ1) is 12.6. The van der Waals surface area contributed by atoms with Gasteiger partial charge in [0.1, 0.15) is 23.3 Å². The summed E-state index contributed by atoms with van der Waals surface area (Å²) >= 11 is 1.35. The number of carbonyl (C=O) groups is 1. The molecule has 3 aromatic rings. The number of rotatable bonds is 4. The Morgan fingerprint density at radius 2 is 2.00 bits per heavy atom. The standard InChI is InChI=1S/C19H17FN2O3S/c20-13-7-5-12(6-8-13)15-10-26-18-17(15)19(24)22(11-21-18)9-16(23)25-14-3-1-2-4-14/h5-8,10-11,14H,1-4,9H2. The molecular formula is C19H17FN2O3S. The lowest BCUT2D eigenvalue weighted by Gasteiger charge is -2.12. The number of benzene rings is 1. The van der Waals surface area contributed by atoms with Gasteiger partial charge >= 0.3 is 5.97 Å². The molecule has 0 atom stereocenters. The number of hydrogen-bond acceptors (Lipinski definition) is 5. The Labute approximate surface area is 153 Å². The first-order valence-corrected chi connectivity index (χ1v) is 9.42. The van der Waals surface area contributed by atoms with E-state index in [2.05, 4.69) is 4.98 Å². The molecular weight excluding hydrogens is 355 g/mol. The number of fused-ring (bicyclic) bond motifs is 1. The second kappa shape index (κ2) is 6.99. The number of ether oxygens (including phenoxy) is 1. The largest absolute Gasteiger partial charge is 0.461 e. The zero-order chi connectivity index (χ0) is 18.1. The van der Waals surface area contributed by atoms with Crippen LogP contribution in [-0.4, -0.2) is 21.6 Å². The van der Waals surface area contributed by atoms with Crippen LogP contribution in [0.3, 0.4) is 0 Å². The molecule has 0 N–H and O–H groups in total. The number of carbonyl (C=O) groups excluding carboxylic acids is 1. The van der Waals surface area contributed by atoms with E-state index in [9.17, 15) is 14.0 Å². The minimum atomic E-state index is -0.418. The lowest BCUT2D eigenvalue weighted by Crippen LogP contribution is -2.27. The van der Waals surface area contributed by atoms with Crippen molar-refractivity contribution in [1.29, 1.82) is 0 Å². The fraction of sp³-hybridized carbons (Fsp3) is 0.316. The van der Waals surface area contributed by atoms with Crippen LogP contribution in [0.5, 0.6) is 0 Å². The summed E-state index contributed by atoms with van der Waals surface area (Å²) in [6, 6.07) is 5.96. The van der Waals surface area contributed by atoms with E-state index in [1.54, 1.807) is 12.1 Å². The summed E-state index contributed by atoms with van der Waals surface area (Å²) in [5.74, 6) is -0.753. The van der Waals surface area contributed by atoms with E-state index >= 15 is 0 Å². The van der Waals surface area contributed by atoms with Gasteiger partial charge < -0.3 is 4.74 Å². The highest BCUT2D eigenvalue weighted by atomic mass is 32.1. The van der Waals surface area contributed by atoms with Crippen molar-refractivity contribution >= 4 is 27.5 Å². The van der Waals surface area contributed by atoms with Gasteiger partial charge in [-0.25, -0.2) is 9.37 Å². The van der Waals surface area contributed by atoms with Crippen LogP contribution in [0.4, 0.5) is 4.39 Å². The summed E-state index contributed by atoms with van der Waals surface area (Å²) in [4.78, 5) is 29.9. The van der Waals surface area contributed by atoms with Gasteiger partial charge in [0.25, 0.3) is 5.56 Å². The van der Waals surface area contributed by atoms with E-state index in [0.29, 0.717) is 15.8 Å². The van der Waals surface area contributed by atoms with Crippen LogP contribution in [0.2, 0.25) is 0 Å². The van der Waals surface area contributed by atoms with Gasteiger partial charge in [-0.15, -0.1) is 11.3 Å². The number of aromatic nitrogens is 2. The lowest BCUT2D eigenvalue weighted by molar-refractivity contribution is -0.149. The minimum absolute atomic E-state index is 0.0363. The number of esters is 1. The smallest absolute Gasteiger partial charge is 0.326 e. The third-order valence-corrected chi connectivity index (χ3v) is 5.50. The molecule has 0 radical (unpaired) electrons. The molecule has 0 aliphatic heterocycles. The molecule has 26 heavy (non-hydrogen) atoms. The number of halogens is 1. The molecule has 0 bridgehead atoms. The maximum Gasteiger partial charge on any atom is 0.326 e. The molecule has 1 saturated carbocycles. The minimum Gasteiger partial charge on any atom is -0.461 e. The van der Waals surface area contributed by atoms with Crippen molar-refractivity contribution in [2.24, 2.45) is 0 Å². The molecule has 0 unspecified atom stereocenters. The summed E-state index contributed by atoms with van der Waals surface area (Å²) < 4.78 is 19.9. The third-order valence-electron chi connectivity index (χ3n) is 4.62. The average molecular weight is 372 g/mol. The molecule has 1 aliphatic rings. The Morgan fingerprint density at radius 3 is 2.73 bits per heavy atom. The summed E-state index contributed by atoms with van der Waals surface area (Å²) in [5, 5.41) is 2.27. The Morgan fingerprint density at radius 1 is 1.27 bits per heavy atom. The van der Waals surface area contributed by atoms with Gasteiger partial charge in [0, 0.05) is 10.9 Å². The summed E-state index contributed by atoms with van der Waals surface area (Å²) in [5.41, 5.74) is 1.14. The van der Waals surface area contributed by atoms with Crippen LogP contribution in [-0.2, 0) is 16.1 Å². The highest BCUT2D eigenvalue weighted by Gasteiger charge is 2.20. The van der Waals surface area contributed by atoms with Gasteiger partial charge in [-0.1, -0.05) is 12.1 Å². The summed E-state index contributed by atoms with van der Waals surface area (Å²) in [6.45, 7) is -0.156. The average Bonchev–Trinajstić information content (AvgIpc) is 3.28. The Bertz CT molecular complexity index is 1000. The SMILES string of the molecule is O=C(Cn1cnc2scc(-c3ccc(F)cc3)c2c1=O)OC1CCCC1. The first-order valence-electron chi connectivity index (χ1n) is 8.54. The molecule has 5 nitrogen and oxygen atoms in total. The topological polar surface area (TPSA) is 61.2 Å². The van der Waals surface area contributed by atoms with Crippen LogP contribution >= 0.6 is 11.3 Å². The van der Waals surface area contributed by atoms with Gasteiger partial charge in [-0.05, 0) is 43.4 Å². The van der Waals surface area contributed by atoms with E-state index in [-0.39, 0.29) is 24.0 Å². The van der Waals surface area contributed by atoms with Crippen LogP contribution < -0.4 is 5.56 Å². The Hall–Kier alpha value is -2.54. The van der Waals surface area contributed by atoms with E-state index in [0.717, 1.165) is 31.2 Å². The van der Waals surface area contributed by atoms with Crippen molar-refractivity contribution < 1.29 is 13.9 Å². The molecule has 0 amide bonds. The zero-order valence-electron chi connectivity index (χ0n) is 14.0. The Kier molecular flexibility index (Phi) is 4.55. The molecule has 7 heteroatoms. The highest BCUT2D eigenvalue weighted by molar-refractivity contribution is 7.17. The van der Waals surface area contributed by atoms with E-state index < -0.39 is 5.97 Å². The molecule has 2 heterocycles. The summed E-state index contributed by atoms with van der Waals surface area (Å²) in [6.07, 6.45) is 5.26. The van der Waals surface area contributed by atoms with E-state index in [4.69, 9.17) is 4.74 Å². The number of nitrogens with zero attached hydrogens (tertiary/aromatic N) is 2. The van der Waals surface area contributed by atoms with Crippen molar-refractivity contribution in [3.63, 3.8) is 0 Å². The molecule has 1 aromatic carbocycles. The normalized spacial score (nSPS) is 14.8. The maximum absolute atomic E-state index is 13.2. The number of thiophene rings is 1. The number of hydrogen-bond donors (Lipinski definition) is 0. The second-order valence-corrected chi connectivity index (χ2v) is 7.27. The van der Waals surface area contributed by atoms with Gasteiger partial charge in [-0.2, -0.15) is 0 Å². The van der Waals surface area contributed by atoms with Crippen LogP contribution in [0.1, 0.15) is 25.7 Å². The first kappa shape index (κ1) is 16.9. The lowest BCUT2D eigenvalue weighted by atomic mass is 10.1. The highest BCUT2D eigenvalue weighted by Crippen LogP contribution is 2.30. The summed E-state index contributed by atoms with van der Waals surface area (Å²) in [7, 11) is 0. The molecule has 1 fully saturated rings. The molecule has 2 aromatic heterocycles. The molecule has 0 spiro atoms. The van der Waals surface area contributed by atoms with Gasteiger partial charge in [0.2, 0.25) is 0 Å². The maximum atomic E-state index is 13.2. The molecule has 0 saturated heterocycles. The van der Waals surface area contributed by atoms with Crippen molar-refractivity contribution in [2.75, 3.05) is 0 Å². The fourth-order valence-corrected chi connectivity index (χ4v) is 4.20. The van der Waals surface area contributed by atoms with Crippen molar-refractivity contribution in [1.82, 2.24) is 9.55 Å². The predicted octanol–water partition coefficient (Wildman–Crippen LogP) is 3.75. The molecule has 4 rings (SSSR count). The van der Waals surface area contributed by atoms with Gasteiger partial charge in [-0.3, -0.25) is 14.2 Å². The quantitative estimate of drug-likeness (QED) is 0.655.